The maximum atomic E-state index is 11.5. The molecule has 0 aliphatic carbocycles. The van der Waals surface area contributed by atoms with Crippen LogP contribution in [0, 0.1) is 0 Å². The Labute approximate surface area is 121 Å². The van der Waals surface area contributed by atoms with Gasteiger partial charge in [0.2, 0.25) is 0 Å². The van der Waals surface area contributed by atoms with Crippen LogP contribution in [-0.2, 0) is 4.57 Å². The van der Waals surface area contributed by atoms with Gasteiger partial charge in [-0.3, -0.25) is 4.57 Å². The molecule has 0 aliphatic heterocycles. The van der Waals surface area contributed by atoms with Crippen molar-refractivity contribution in [1.82, 2.24) is 9.78 Å². The summed E-state index contributed by atoms with van der Waals surface area (Å²) >= 11 is 0. The molecule has 0 aliphatic rings. The zero-order valence-electron chi connectivity index (χ0n) is 11.0. The van der Waals surface area contributed by atoms with Crippen LogP contribution in [0.2, 0.25) is 0 Å². The second-order valence-electron chi connectivity index (χ2n) is 4.55. The van der Waals surface area contributed by atoms with Gasteiger partial charge in [-0.05, 0) is 12.1 Å². The maximum absolute atomic E-state index is 11.5. The van der Waals surface area contributed by atoms with E-state index in [0.717, 1.165) is 11.3 Å². The van der Waals surface area contributed by atoms with E-state index in [-0.39, 0.29) is 5.44 Å². The Bertz CT molecular complexity index is 737. The van der Waals surface area contributed by atoms with Crippen LogP contribution in [0.5, 0.6) is 0 Å². The van der Waals surface area contributed by atoms with Crippen LogP contribution in [0.4, 0.5) is 0 Å². The molecule has 1 aromatic heterocycles. The minimum absolute atomic E-state index is 0.231. The highest BCUT2D eigenvalue weighted by atomic mass is 31.2. The molecule has 5 nitrogen and oxygen atoms in total. The van der Waals surface area contributed by atoms with Gasteiger partial charge in [0.05, 0.1) is 11.4 Å². The van der Waals surface area contributed by atoms with E-state index in [1.54, 1.807) is 4.68 Å². The first-order valence-electron chi connectivity index (χ1n) is 6.33. The Kier molecular flexibility index (Phi) is 3.47. The zero-order valence-corrected chi connectivity index (χ0v) is 11.9. The molecule has 0 saturated heterocycles. The van der Waals surface area contributed by atoms with Gasteiger partial charge in [0, 0.05) is 11.6 Å². The fourth-order valence-corrected chi connectivity index (χ4v) is 2.59. The van der Waals surface area contributed by atoms with E-state index in [4.69, 9.17) is 0 Å². The second-order valence-corrected chi connectivity index (χ2v) is 6.09. The molecule has 0 spiro atoms. The Hall–Kier alpha value is -2.20. The summed E-state index contributed by atoms with van der Waals surface area (Å²) in [5.41, 5.74) is 2.00. The summed E-state index contributed by atoms with van der Waals surface area (Å²) in [6.45, 7) is 0. The third-order valence-electron chi connectivity index (χ3n) is 3.07. The Morgan fingerprint density at radius 1 is 0.905 bits per heavy atom. The molecule has 3 aromatic rings. The SMILES string of the molecule is O=P(O)(O)c1cc(-c2ccccc2)n(-c2ccccc2)n1. The number of hydrogen-bond acceptors (Lipinski definition) is 2. The largest absolute Gasteiger partial charge is 0.376 e. The summed E-state index contributed by atoms with van der Waals surface area (Å²) in [6.07, 6.45) is 0. The molecule has 0 bridgehead atoms. The lowest BCUT2D eigenvalue weighted by atomic mass is 10.1. The smallest absolute Gasteiger partial charge is 0.320 e. The number of hydrogen-bond donors (Lipinski definition) is 2. The normalized spacial score (nSPS) is 11.5. The lowest BCUT2D eigenvalue weighted by Gasteiger charge is -2.07. The monoisotopic (exact) mass is 300 g/mol. The highest BCUT2D eigenvalue weighted by molar-refractivity contribution is 7.60. The quantitative estimate of drug-likeness (QED) is 0.728. The van der Waals surface area contributed by atoms with E-state index in [0.29, 0.717) is 5.69 Å². The van der Waals surface area contributed by atoms with Crippen molar-refractivity contribution < 1.29 is 14.4 Å². The molecule has 21 heavy (non-hydrogen) atoms. The molecule has 2 N–H and O–H groups in total. The Morgan fingerprint density at radius 2 is 1.48 bits per heavy atom. The Balaban J connectivity index is 2.23. The minimum atomic E-state index is -4.40. The molecule has 0 saturated carbocycles. The molecule has 0 amide bonds. The molecule has 0 radical (unpaired) electrons. The number of rotatable bonds is 3. The van der Waals surface area contributed by atoms with E-state index in [1.807, 2.05) is 60.7 Å². The van der Waals surface area contributed by atoms with Crippen molar-refractivity contribution in [2.75, 3.05) is 0 Å². The standard InChI is InChI=1S/C15H13N2O3P/c18-21(19,20)15-11-14(12-7-3-1-4-8-12)17(16-15)13-9-5-2-6-10-13/h1-11H,(H2,18,19,20). The van der Waals surface area contributed by atoms with Gasteiger partial charge in [0.1, 0.15) is 0 Å². The third-order valence-corrected chi connectivity index (χ3v) is 3.88. The highest BCUT2D eigenvalue weighted by Crippen LogP contribution is 2.34. The molecule has 2 aromatic carbocycles. The molecule has 1 heterocycles. The van der Waals surface area contributed by atoms with Gasteiger partial charge in [-0.1, -0.05) is 48.5 Å². The number of nitrogens with zero attached hydrogens (tertiary/aromatic N) is 2. The average Bonchev–Trinajstić information content (AvgIpc) is 2.94. The number of aromatic nitrogens is 2. The summed E-state index contributed by atoms with van der Waals surface area (Å²) in [6, 6.07) is 20.1. The molecule has 106 valence electrons. The summed E-state index contributed by atoms with van der Waals surface area (Å²) in [5, 5.41) is 4.08. The summed E-state index contributed by atoms with van der Waals surface area (Å²) in [5.74, 6) is 0. The molecule has 3 rings (SSSR count). The van der Waals surface area contributed by atoms with Gasteiger partial charge < -0.3 is 9.79 Å². The number of para-hydroxylation sites is 1. The summed E-state index contributed by atoms with van der Waals surface area (Å²) in [4.78, 5) is 18.7. The van der Waals surface area contributed by atoms with E-state index >= 15 is 0 Å². The predicted molar refractivity (Wildman–Crippen MR) is 80.7 cm³/mol. The average molecular weight is 300 g/mol. The first-order valence-corrected chi connectivity index (χ1v) is 7.94. The molecule has 0 atom stereocenters. The Morgan fingerprint density at radius 3 is 2.05 bits per heavy atom. The van der Waals surface area contributed by atoms with Crippen LogP contribution in [0.3, 0.4) is 0 Å². The predicted octanol–water partition coefficient (Wildman–Crippen LogP) is 2.34. The van der Waals surface area contributed by atoms with E-state index in [9.17, 15) is 14.4 Å². The topological polar surface area (TPSA) is 75.3 Å². The van der Waals surface area contributed by atoms with Crippen molar-refractivity contribution in [1.29, 1.82) is 0 Å². The van der Waals surface area contributed by atoms with Crippen molar-refractivity contribution in [2.45, 2.75) is 0 Å². The van der Waals surface area contributed by atoms with Crippen molar-refractivity contribution in [3.8, 4) is 16.9 Å². The van der Waals surface area contributed by atoms with Gasteiger partial charge in [-0.15, -0.1) is 0 Å². The van der Waals surface area contributed by atoms with Gasteiger partial charge >= 0.3 is 7.60 Å². The molecular weight excluding hydrogens is 287 g/mol. The molecule has 0 fully saturated rings. The molecular formula is C15H13N2O3P. The first kappa shape index (κ1) is 13.8. The number of benzene rings is 2. The fourth-order valence-electron chi connectivity index (χ4n) is 2.09. The minimum Gasteiger partial charge on any atom is -0.320 e. The van der Waals surface area contributed by atoms with Crippen molar-refractivity contribution in [3.63, 3.8) is 0 Å². The lowest BCUT2D eigenvalue weighted by molar-refractivity contribution is 0.386. The van der Waals surface area contributed by atoms with Crippen LogP contribution < -0.4 is 5.44 Å². The highest BCUT2D eigenvalue weighted by Gasteiger charge is 2.24. The van der Waals surface area contributed by atoms with Crippen molar-refractivity contribution in [2.24, 2.45) is 0 Å². The van der Waals surface area contributed by atoms with Gasteiger partial charge in [-0.25, -0.2) is 4.68 Å². The zero-order chi connectivity index (χ0) is 14.9. The van der Waals surface area contributed by atoms with Crippen molar-refractivity contribution in [3.05, 3.63) is 66.7 Å². The van der Waals surface area contributed by atoms with Crippen molar-refractivity contribution >= 4 is 13.0 Å². The van der Waals surface area contributed by atoms with Crippen LogP contribution in [-0.4, -0.2) is 19.6 Å². The second kappa shape index (κ2) is 5.30. The van der Waals surface area contributed by atoms with E-state index < -0.39 is 7.60 Å². The van der Waals surface area contributed by atoms with Crippen LogP contribution >= 0.6 is 7.60 Å². The maximum Gasteiger partial charge on any atom is 0.376 e. The van der Waals surface area contributed by atoms with Gasteiger partial charge in [0.25, 0.3) is 0 Å². The van der Waals surface area contributed by atoms with Gasteiger partial charge in [-0.2, -0.15) is 5.10 Å². The molecule has 0 unspecified atom stereocenters. The summed E-state index contributed by atoms with van der Waals surface area (Å²) in [7, 11) is -4.40. The summed E-state index contributed by atoms with van der Waals surface area (Å²) < 4.78 is 13.0. The van der Waals surface area contributed by atoms with Gasteiger partial charge in [0.15, 0.2) is 5.44 Å². The van der Waals surface area contributed by atoms with Crippen LogP contribution in [0.25, 0.3) is 16.9 Å². The fraction of sp³-hybridized carbons (Fsp3) is 0. The van der Waals surface area contributed by atoms with E-state index in [2.05, 4.69) is 5.10 Å². The van der Waals surface area contributed by atoms with Crippen LogP contribution in [0.15, 0.2) is 66.7 Å². The third kappa shape index (κ3) is 2.81. The molecule has 6 heteroatoms. The van der Waals surface area contributed by atoms with E-state index in [1.165, 1.54) is 6.07 Å². The van der Waals surface area contributed by atoms with Crippen LogP contribution in [0.1, 0.15) is 0 Å². The lowest BCUT2D eigenvalue weighted by Crippen LogP contribution is -2.08. The first-order chi connectivity index (χ1) is 10.1.